The van der Waals surface area contributed by atoms with Crippen molar-refractivity contribution >= 4 is 52.1 Å². The Bertz CT molecular complexity index is 1060. The van der Waals surface area contributed by atoms with Crippen LogP contribution in [0.2, 0.25) is 10.0 Å². The molecule has 4 rings (SSSR count). The van der Waals surface area contributed by atoms with Gasteiger partial charge in [0.15, 0.2) is 5.82 Å². The second-order valence-corrected chi connectivity index (χ2v) is 9.52. The molecule has 0 spiro atoms. The average Bonchev–Trinajstić information content (AvgIpc) is 3.37. The van der Waals surface area contributed by atoms with Crippen LogP contribution in [-0.4, -0.2) is 65.7 Å². The molecule has 166 valence electrons. The Morgan fingerprint density at radius 1 is 1.26 bits per heavy atom. The topological polar surface area (TPSA) is 140 Å². The molecule has 3 heterocycles. The van der Waals surface area contributed by atoms with Crippen molar-refractivity contribution in [1.29, 1.82) is 0 Å². The molecule has 31 heavy (non-hydrogen) atoms. The van der Waals surface area contributed by atoms with Crippen molar-refractivity contribution in [3.8, 4) is 10.7 Å². The quantitative estimate of drug-likeness (QED) is 0.382. The molecule has 14 heteroatoms. The van der Waals surface area contributed by atoms with Crippen LogP contribution in [0.5, 0.6) is 0 Å². The fourth-order valence-corrected chi connectivity index (χ4v) is 5.55. The van der Waals surface area contributed by atoms with Crippen LogP contribution >= 0.6 is 46.3 Å². The van der Waals surface area contributed by atoms with Gasteiger partial charge in [0.25, 0.3) is 0 Å². The molecular formula is C17H16Cl2FN5O4S2. The van der Waals surface area contributed by atoms with Gasteiger partial charge in [0.05, 0.1) is 22.8 Å². The summed E-state index contributed by atoms with van der Waals surface area (Å²) < 4.78 is 20.7. The summed E-state index contributed by atoms with van der Waals surface area (Å²) in [4.78, 5) is 4.57. The van der Waals surface area contributed by atoms with Gasteiger partial charge in [-0.3, -0.25) is 0 Å². The van der Waals surface area contributed by atoms with Crippen LogP contribution < -0.4 is 5.73 Å². The molecule has 1 aliphatic rings. The molecule has 2 aromatic heterocycles. The lowest BCUT2D eigenvalue weighted by atomic mass is 9.97. The predicted molar refractivity (Wildman–Crippen MR) is 115 cm³/mol. The van der Waals surface area contributed by atoms with E-state index >= 15 is 0 Å². The molecular weight excluding hydrogens is 492 g/mol. The summed E-state index contributed by atoms with van der Waals surface area (Å²) in [6.45, 7) is -0.503. The van der Waals surface area contributed by atoms with Gasteiger partial charge in [-0.1, -0.05) is 40.2 Å². The summed E-state index contributed by atoms with van der Waals surface area (Å²) in [6, 6.07) is 1.70. The minimum absolute atomic E-state index is 0.181. The van der Waals surface area contributed by atoms with E-state index in [-0.39, 0.29) is 10.0 Å². The van der Waals surface area contributed by atoms with E-state index in [2.05, 4.69) is 15.3 Å². The lowest BCUT2D eigenvalue weighted by Gasteiger charge is -2.41. The van der Waals surface area contributed by atoms with Gasteiger partial charge in [0, 0.05) is 10.3 Å². The van der Waals surface area contributed by atoms with Crippen molar-refractivity contribution in [2.24, 2.45) is 0 Å². The first-order valence-corrected chi connectivity index (χ1v) is 11.4. The zero-order valence-electron chi connectivity index (χ0n) is 15.5. The maximum atomic E-state index is 13.7. The summed E-state index contributed by atoms with van der Waals surface area (Å²) in [6.07, 6.45) is -2.06. The Kier molecular flexibility index (Phi) is 6.70. The molecule has 5 atom stereocenters. The monoisotopic (exact) mass is 507 g/mol. The molecule has 1 aliphatic heterocycles. The van der Waals surface area contributed by atoms with Crippen molar-refractivity contribution in [3.63, 3.8) is 0 Å². The number of ether oxygens (including phenoxy) is 1. The normalized spacial score (nSPS) is 26.3. The van der Waals surface area contributed by atoms with Crippen LogP contribution in [0.4, 0.5) is 10.2 Å². The minimum atomic E-state index is -1.28. The van der Waals surface area contributed by atoms with E-state index in [1.807, 2.05) is 0 Å². The maximum absolute atomic E-state index is 13.7. The molecule has 0 saturated carbocycles. The predicted octanol–water partition coefficient (Wildman–Crippen LogP) is 2.20. The molecule has 0 radical (unpaired) electrons. The second-order valence-electron chi connectivity index (χ2n) is 6.68. The summed E-state index contributed by atoms with van der Waals surface area (Å²) in [5.41, 5.74) is 5.10. The Hall–Kier alpha value is -1.51. The number of aliphatic hydroxyl groups excluding tert-OH is 3. The Labute approximate surface area is 193 Å². The van der Waals surface area contributed by atoms with Crippen LogP contribution in [-0.2, 0) is 4.74 Å². The standard InChI is InChI=1S/C17H16Cl2FN5O4S2/c18-7-1-6(2-8(19)12(7)20)31-17-15(28)13(14(27)10(4-26)29-17)25-3-9(23-24-25)16-22-11(21)5-30-16/h1-3,5,10,13-15,17,26-28H,4,21H2/t10-,13+,14+,15-,17-/m1/s1. The van der Waals surface area contributed by atoms with Crippen molar-refractivity contribution in [1.82, 2.24) is 20.0 Å². The second kappa shape index (κ2) is 9.16. The highest BCUT2D eigenvalue weighted by molar-refractivity contribution is 7.99. The number of nitrogens with zero attached hydrogens (tertiary/aromatic N) is 4. The number of rotatable bonds is 5. The molecule has 1 fully saturated rings. The van der Waals surface area contributed by atoms with Crippen LogP contribution in [0.15, 0.2) is 28.6 Å². The summed E-state index contributed by atoms with van der Waals surface area (Å²) >= 11 is 14.0. The average molecular weight is 508 g/mol. The summed E-state index contributed by atoms with van der Waals surface area (Å²) in [5.74, 6) is -0.411. The smallest absolute Gasteiger partial charge is 0.160 e. The first-order chi connectivity index (χ1) is 14.8. The zero-order valence-corrected chi connectivity index (χ0v) is 18.6. The number of hydrogen-bond donors (Lipinski definition) is 4. The number of aromatic nitrogens is 4. The van der Waals surface area contributed by atoms with E-state index in [0.717, 1.165) is 11.8 Å². The highest BCUT2D eigenvalue weighted by Gasteiger charge is 2.46. The number of nitrogens with two attached hydrogens (primary N) is 1. The third kappa shape index (κ3) is 4.52. The van der Waals surface area contributed by atoms with Gasteiger partial charge in [-0.25, -0.2) is 14.1 Å². The molecule has 0 bridgehead atoms. The molecule has 5 N–H and O–H groups in total. The summed E-state index contributed by atoms with van der Waals surface area (Å²) in [7, 11) is 0. The van der Waals surface area contributed by atoms with E-state index < -0.39 is 42.2 Å². The van der Waals surface area contributed by atoms with E-state index in [1.54, 1.807) is 5.38 Å². The first-order valence-electron chi connectivity index (χ1n) is 8.85. The number of benzene rings is 1. The van der Waals surface area contributed by atoms with Crippen LogP contribution in [0.1, 0.15) is 6.04 Å². The molecule has 1 aromatic carbocycles. The third-order valence-electron chi connectivity index (χ3n) is 4.61. The van der Waals surface area contributed by atoms with E-state index in [1.165, 1.54) is 34.3 Å². The van der Waals surface area contributed by atoms with Gasteiger partial charge in [-0.15, -0.1) is 16.4 Å². The lowest BCUT2D eigenvalue weighted by molar-refractivity contribution is -0.178. The van der Waals surface area contributed by atoms with Gasteiger partial charge in [0.2, 0.25) is 0 Å². The fraction of sp³-hybridized carbons (Fsp3) is 0.353. The molecule has 0 aliphatic carbocycles. The number of halogens is 3. The molecule has 9 nitrogen and oxygen atoms in total. The van der Waals surface area contributed by atoms with Crippen molar-refractivity contribution in [2.45, 2.75) is 34.7 Å². The van der Waals surface area contributed by atoms with Crippen molar-refractivity contribution in [3.05, 3.63) is 39.6 Å². The van der Waals surface area contributed by atoms with E-state index in [0.29, 0.717) is 21.4 Å². The largest absolute Gasteiger partial charge is 0.394 e. The van der Waals surface area contributed by atoms with Crippen molar-refractivity contribution in [2.75, 3.05) is 12.3 Å². The number of anilines is 1. The van der Waals surface area contributed by atoms with Crippen LogP contribution in [0.25, 0.3) is 10.7 Å². The van der Waals surface area contributed by atoms with Gasteiger partial charge in [-0.05, 0) is 12.1 Å². The number of nitrogen functional groups attached to an aromatic ring is 1. The Balaban J connectivity index is 1.62. The maximum Gasteiger partial charge on any atom is 0.160 e. The Morgan fingerprint density at radius 2 is 1.97 bits per heavy atom. The lowest BCUT2D eigenvalue weighted by Crippen LogP contribution is -2.55. The zero-order chi connectivity index (χ0) is 22.3. The van der Waals surface area contributed by atoms with E-state index in [9.17, 15) is 19.7 Å². The molecule has 0 unspecified atom stereocenters. The Morgan fingerprint density at radius 3 is 2.58 bits per heavy atom. The number of thioether (sulfide) groups is 1. The van der Waals surface area contributed by atoms with E-state index in [4.69, 9.17) is 33.7 Å². The van der Waals surface area contributed by atoms with Gasteiger partial charge in [-0.2, -0.15) is 0 Å². The molecule has 0 amide bonds. The highest BCUT2D eigenvalue weighted by atomic mass is 35.5. The SMILES string of the molecule is Nc1csc(-c2cn([C@@H]3[C@@H](O)[C@@H](Sc4cc(Cl)c(F)c(Cl)c4)O[C@H](CO)[C@@H]3O)nn2)n1. The first kappa shape index (κ1) is 22.7. The number of thiazole rings is 1. The minimum Gasteiger partial charge on any atom is -0.394 e. The van der Waals surface area contributed by atoms with Gasteiger partial charge >= 0.3 is 0 Å². The van der Waals surface area contributed by atoms with Crippen LogP contribution in [0.3, 0.4) is 0 Å². The summed E-state index contributed by atoms with van der Waals surface area (Å²) in [5, 5.41) is 41.2. The van der Waals surface area contributed by atoms with Gasteiger partial charge in [0.1, 0.15) is 46.3 Å². The fourth-order valence-electron chi connectivity index (χ4n) is 3.14. The van der Waals surface area contributed by atoms with Crippen LogP contribution in [0, 0.1) is 5.82 Å². The molecule has 3 aromatic rings. The number of aliphatic hydroxyl groups is 3. The van der Waals surface area contributed by atoms with Crippen molar-refractivity contribution < 1.29 is 24.4 Å². The number of hydrogen-bond acceptors (Lipinski definition) is 10. The van der Waals surface area contributed by atoms with Gasteiger partial charge < -0.3 is 25.8 Å². The highest BCUT2D eigenvalue weighted by Crippen LogP contribution is 2.40. The molecule has 1 saturated heterocycles. The third-order valence-corrected chi connectivity index (χ3v) is 7.18.